The second-order valence-corrected chi connectivity index (χ2v) is 7.59. The summed E-state index contributed by atoms with van der Waals surface area (Å²) in [6.45, 7) is 1.28. The van der Waals surface area contributed by atoms with Crippen LogP contribution in [0, 0.1) is 11.3 Å². The zero-order valence-corrected chi connectivity index (χ0v) is 15.0. The first-order chi connectivity index (χ1) is 10.8. The maximum Gasteiger partial charge on any atom is 0.239 e. The zero-order valence-electron chi connectivity index (χ0n) is 13.4. The predicted molar refractivity (Wildman–Crippen MR) is 93.1 cm³/mol. The summed E-state index contributed by atoms with van der Waals surface area (Å²) >= 11 is 0. The first kappa shape index (κ1) is 20.4. The molecule has 1 aromatic carbocycles. The van der Waals surface area contributed by atoms with Crippen molar-refractivity contribution in [1.82, 2.24) is 9.21 Å². The molecule has 0 radical (unpaired) electrons. The number of rotatable bonds is 4. The van der Waals surface area contributed by atoms with Crippen molar-refractivity contribution in [2.45, 2.75) is 12.5 Å². The predicted octanol–water partition coefficient (Wildman–Crippen LogP) is -0.0463. The van der Waals surface area contributed by atoms with Crippen molar-refractivity contribution in [3.05, 3.63) is 35.4 Å². The summed E-state index contributed by atoms with van der Waals surface area (Å²) in [5, 5.41) is 8.89. The van der Waals surface area contributed by atoms with Crippen molar-refractivity contribution in [2.75, 3.05) is 32.4 Å². The lowest BCUT2D eigenvalue weighted by atomic mass is 10.0. The molecule has 1 aliphatic rings. The fourth-order valence-electron chi connectivity index (χ4n) is 2.58. The summed E-state index contributed by atoms with van der Waals surface area (Å²) in [4.78, 5) is 14.0. The van der Waals surface area contributed by atoms with Gasteiger partial charge < -0.3 is 10.6 Å². The minimum Gasteiger partial charge on any atom is -0.339 e. The first-order valence-corrected chi connectivity index (χ1v) is 9.14. The van der Waals surface area contributed by atoms with Gasteiger partial charge in [-0.15, -0.1) is 12.4 Å². The van der Waals surface area contributed by atoms with Crippen molar-refractivity contribution in [1.29, 1.82) is 5.26 Å². The second kappa shape index (κ2) is 8.44. The highest BCUT2D eigenvalue weighted by atomic mass is 35.5. The molecule has 2 rings (SSSR count). The van der Waals surface area contributed by atoms with E-state index in [-0.39, 0.29) is 18.3 Å². The summed E-state index contributed by atoms with van der Waals surface area (Å²) in [6, 6.07) is 8.35. The van der Waals surface area contributed by atoms with E-state index in [4.69, 9.17) is 11.0 Å². The lowest BCUT2D eigenvalue weighted by molar-refractivity contribution is -0.133. The highest BCUT2D eigenvalue weighted by molar-refractivity contribution is 7.88. The van der Waals surface area contributed by atoms with Gasteiger partial charge in [-0.3, -0.25) is 4.79 Å². The number of piperazine rings is 1. The van der Waals surface area contributed by atoms with Crippen LogP contribution in [0.15, 0.2) is 24.3 Å². The van der Waals surface area contributed by atoms with Gasteiger partial charge in [-0.2, -0.15) is 9.57 Å². The van der Waals surface area contributed by atoms with Gasteiger partial charge in [0.2, 0.25) is 15.9 Å². The molecule has 1 heterocycles. The molecule has 0 unspecified atom stereocenters. The second-order valence-electron chi connectivity index (χ2n) is 5.61. The largest absolute Gasteiger partial charge is 0.339 e. The van der Waals surface area contributed by atoms with Crippen LogP contribution in [0.25, 0.3) is 0 Å². The molecule has 1 amide bonds. The number of nitrogens with two attached hydrogens (primary N) is 1. The lowest BCUT2D eigenvalue weighted by Crippen LogP contribution is -2.54. The average Bonchev–Trinajstić information content (AvgIpc) is 2.53. The highest BCUT2D eigenvalue weighted by Gasteiger charge is 2.28. The molecular formula is C15H21ClN4O3S. The van der Waals surface area contributed by atoms with E-state index in [1.54, 1.807) is 23.1 Å². The third kappa shape index (κ3) is 5.18. The zero-order chi connectivity index (χ0) is 17.0. The number of carbonyl (C=O) groups excluding carboxylic acids is 1. The van der Waals surface area contributed by atoms with E-state index < -0.39 is 16.1 Å². The number of amides is 1. The van der Waals surface area contributed by atoms with Gasteiger partial charge in [0.05, 0.1) is 23.9 Å². The molecule has 132 valence electrons. The maximum atomic E-state index is 12.4. The molecule has 1 aliphatic heterocycles. The molecule has 0 saturated carbocycles. The Morgan fingerprint density at radius 2 is 1.96 bits per heavy atom. The Balaban J connectivity index is 0.00000288. The highest BCUT2D eigenvalue weighted by Crippen LogP contribution is 2.10. The smallest absolute Gasteiger partial charge is 0.239 e. The van der Waals surface area contributed by atoms with Crippen LogP contribution >= 0.6 is 12.4 Å². The SMILES string of the molecule is CS(=O)(=O)N1CCN(C(=O)[C@@H](N)Cc2cccc(C#N)c2)CC1.Cl. The lowest BCUT2D eigenvalue weighted by Gasteiger charge is -2.34. The number of carbonyl (C=O) groups is 1. The minimum atomic E-state index is -3.22. The van der Waals surface area contributed by atoms with E-state index >= 15 is 0 Å². The Hall–Kier alpha value is -1.66. The van der Waals surface area contributed by atoms with Crippen molar-refractivity contribution in [3.63, 3.8) is 0 Å². The van der Waals surface area contributed by atoms with E-state index in [1.807, 2.05) is 6.07 Å². The fraction of sp³-hybridized carbons (Fsp3) is 0.467. The van der Waals surface area contributed by atoms with Gasteiger partial charge in [-0.1, -0.05) is 12.1 Å². The van der Waals surface area contributed by atoms with E-state index in [1.165, 1.54) is 10.6 Å². The van der Waals surface area contributed by atoms with E-state index in [0.29, 0.717) is 38.2 Å². The summed E-state index contributed by atoms with van der Waals surface area (Å²) in [6.07, 6.45) is 1.51. The number of nitrogens with zero attached hydrogens (tertiary/aromatic N) is 3. The molecular weight excluding hydrogens is 352 g/mol. The quantitative estimate of drug-likeness (QED) is 0.797. The van der Waals surface area contributed by atoms with Gasteiger partial charge in [0.1, 0.15) is 0 Å². The molecule has 0 aliphatic carbocycles. The Kier molecular flexibility index (Phi) is 7.17. The van der Waals surface area contributed by atoms with Crippen molar-refractivity contribution in [3.8, 4) is 6.07 Å². The number of halogens is 1. The van der Waals surface area contributed by atoms with Gasteiger partial charge >= 0.3 is 0 Å². The minimum absolute atomic E-state index is 0. The molecule has 1 aromatic rings. The normalized spacial score (nSPS) is 16.8. The molecule has 9 heteroatoms. The Bertz CT molecular complexity index is 724. The number of benzene rings is 1. The van der Waals surface area contributed by atoms with Crippen molar-refractivity contribution in [2.24, 2.45) is 5.73 Å². The maximum absolute atomic E-state index is 12.4. The van der Waals surface area contributed by atoms with E-state index in [9.17, 15) is 13.2 Å². The summed E-state index contributed by atoms with van der Waals surface area (Å²) in [7, 11) is -3.22. The van der Waals surface area contributed by atoms with Gasteiger partial charge in [-0.05, 0) is 24.1 Å². The number of hydrogen-bond acceptors (Lipinski definition) is 5. The van der Waals surface area contributed by atoms with Crippen molar-refractivity contribution >= 4 is 28.3 Å². The van der Waals surface area contributed by atoms with Gasteiger partial charge in [0.15, 0.2) is 0 Å². The Labute approximate surface area is 148 Å². The van der Waals surface area contributed by atoms with Crippen LogP contribution in [0.2, 0.25) is 0 Å². The number of nitriles is 1. The molecule has 2 N–H and O–H groups in total. The van der Waals surface area contributed by atoms with Crippen LogP contribution < -0.4 is 5.73 Å². The summed E-state index contributed by atoms with van der Waals surface area (Å²) in [5.74, 6) is -0.194. The third-order valence-corrected chi connectivity index (χ3v) is 5.15. The first-order valence-electron chi connectivity index (χ1n) is 7.30. The van der Waals surface area contributed by atoms with Crippen molar-refractivity contribution < 1.29 is 13.2 Å². The summed E-state index contributed by atoms with van der Waals surface area (Å²) in [5.41, 5.74) is 7.35. The molecule has 0 aromatic heterocycles. The van der Waals surface area contributed by atoms with E-state index in [0.717, 1.165) is 5.56 Å². The summed E-state index contributed by atoms with van der Waals surface area (Å²) < 4.78 is 24.3. The molecule has 0 spiro atoms. The van der Waals surface area contributed by atoms with Crippen LogP contribution in [0.5, 0.6) is 0 Å². The number of sulfonamides is 1. The van der Waals surface area contributed by atoms with Crippen LogP contribution in [-0.4, -0.2) is 62.0 Å². The average molecular weight is 373 g/mol. The molecule has 1 atom stereocenters. The van der Waals surface area contributed by atoms with Crippen LogP contribution in [0.3, 0.4) is 0 Å². The number of hydrogen-bond donors (Lipinski definition) is 1. The molecule has 1 saturated heterocycles. The fourth-order valence-corrected chi connectivity index (χ4v) is 3.41. The van der Waals surface area contributed by atoms with E-state index in [2.05, 4.69) is 6.07 Å². The standard InChI is InChI=1S/C15H20N4O3S.ClH/c1-23(21,22)19-7-5-18(6-8-19)15(20)14(17)10-12-3-2-4-13(9-12)11-16;/h2-4,9,14H,5-8,10,17H2,1H3;1H/t14-;/m0./s1. The topological polar surface area (TPSA) is 108 Å². The Morgan fingerprint density at radius 1 is 1.33 bits per heavy atom. The third-order valence-electron chi connectivity index (χ3n) is 3.85. The molecule has 24 heavy (non-hydrogen) atoms. The molecule has 7 nitrogen and oxygen atoms in total. The van der Waals surface area contributed by atoms with Crippen LogP contribution in [0.1, 0.15) is 11.1 Å². The molecule has 0 bridgehead atoms. The monoisotopic (exact) mass is 372 g/mol. The van der Waals surface area contributed by atoms with Crippen LogP contribution in [0.4, 0.5) is 0 Å². The van der Waals surface area contributed by atoms with Gasteiger partial charge in [-0.25, -0.2) is 8.42 Å². The Morgan fingerprint density at radius 3 is 2.50 bits per heavy atom. The molecule has 1 fully saturated rings. The van der Waals surface area contributed by atoms with Gasteiger partial charge in [0.25, 0.3) is 0 Å². The van der Waals surface area contributed by atoms with Gasteiger partial charge in [0, 0.05) is 26.2 Å². The van der Waals surface area contributed by atoms with Crippen LogP contribution in [-0.2, 0) is 21.2 Å².